The van der Waals surface area contributed by atoms with Crippen LogP contribution >= 0.6 is 23.4 Å². The molecule has 2 heterocycles. The van der Waals surface area contributed by atoms with Crippen LogP contribution in [-0.4, -0.2) is 14.5 Å². The van der Waals surface area contributed by atoms with Gasteiger partial charge in [-0.1, -0.05) is 78.0 Å². The van der Waals surface area contributed by atoms with Gasteiger partial charge in [-0.15, -0.1) is 0 Å². The molecule has 2 aromatic carbocycles. The summed E-state index contributed by atoms with van der Waals surface area (Å²) in [4.78, 5) is 8.83. The lowest BCUT2D eigenvalue weighted by molar-refractivity contribution is 0.900. The van der Waals surface area contributed by atoms with E-state index in [2.05, 4.69) is 38.8 Å². The Morgan fingerprint density at radius 3 is 2.23 bits per heavy atom. The zero-order valence-corrected chi connectivity index (χ0v) is 15.5. The number of pyridine rings is 1. The first kappa shape index (κ1) is 16.9. The summed E-state index contributed by atoms with van der Waals surface area (Å²) in [6.07, 6.45) is 3.74. The number of imidazole rings is 1. The summed E-state index contributed by atoms with van der Waals surface area (Å²) in [6, 6.07) is 24.4. The lowest BCUT2D eigenvalue weighted by atomic mass is 10.1. The number of rotatable bonds is 5. The standard InChI is InChI=1S/C21H16ClN3S/c22-20-12-11-16(13-23-20)15-26-21-24-14-19(17-7-3-1-4-8-17)25(21)18-9-5-2-6-10-18/h1-14H,15H2. The fourth-order valence-electron chi connectivity index (χ4n) is 2.72. The van der Waals surface area contributed by atoms with Gasteiger partial charge >= 0.3 is 0 Å². The van der Waals surface area contributed by atoms with Crippen LogP contribution in [0.3, 0.4) is 0 Å². The van der Waals surface area contributed by atoms with Gasteiger partial charge in [0.25, 0.3) is 0 Å². The van der Waals surface area contributed by atoms with Gasteiger partial charge in [0, 0.05) is 23.2 Å². The number of benzene rings is 2. The average Bonchev–Trinajstić information content (AvgIpc) is 3.13. The van der Waals surface area contributed by atoms with E-state index in [0.29, 0.717) is 5.15 Å². The molecule has 3 nitrogen and oxygen atoms in total. The van der Waals surface area contributed by atoms with Gasteiger partial charge in [0.15, 0.2) is 5.16 Å². The van der Waals surface area contributed by atoms with Gasteiger partial charge in [-0.2, -0.15) is 0 Å². The Labute approximate surface area is 161 Å². The molecule has 0 saturated heterocycles. The predicted molar refractivity (Wildman–Crippen MR) is 108 cm³/mol. The highest BCUT2D eigenvalue weighted by Gasteiger charge is 2.14. The summed E-state index contributed by atoms with van der Waals surface area (Å²) >= 11 is 7.56. The van der Waals surface area contributed by atoms with E-state index >= 15 is 0 Å². The Morgan fingerprint density at radius 2 is 1.54 bits per heavy atom. The SMILES string of the molecule is Clc1ccc(CSc2ncc(-c3ccccc3)n2-c2ccccc2)cn1. The quantitative estimate of drug-likeness (QED) is 0.321. The molecule has 0 spiro atoms. The highest BCUT2D eigenvalue weighted by molar-refractivity contribution is 7.98. The molecule has 4 aromatic rings. The molecule has 0 N–H and O–H groups in total. The molecule has 5 heteroatoms. The zero-order chi connectivity index (χ0) is 17.8. The number of para-hydroxylation sites is 1. The summed E-state index contributed by atoms with van der Waals surface area (Å²) in [5.74, 6) is 0.780. The van der Waals surface area contributed by atoms with Crippen LogP contribution in [0.25, 0.3) is 16.9 Å². The summed E-state index contributed by atoms with van der Waals surface area (Å²) in [7, 11) is 0. The maximum Gasteiger partial charge on any atom is 0.173 e. The molecule has 0 saturated carbocycles. The predicted octanol–water partition coefficient (Wildman–Crippen LogP) is 5.88. The minimum absolute atomic E-state index is 0.510. The van der Waals surface area contributed by atoms with Crippen molar-refractivity contribution in [3.63, 3.8) is 0 Å². The Bertz CT molecular complexity index is 983. The second kappa shape index (κ2) is 7.77. The van der Waals surface area contributed by atoms with Gasteiger partial charge < -0.3 is 0 Å². The third-order valence-electron chi connectivity index (χ3n) is 3.97. The van der Waals surface area contributed by atoms with Crippen LogP contribution in [0, 0.1) is 0 Å². The van der Waals surface area contributed by atoms with Gasteiger partial charge in [-0.3, -0.25) is 4.57 Å². The van der Waals surface area contributed by atoms with E-state index in [9.17, 15) is 0 Å². The number of halogens is 1. The minimum atomic E-state index is 0.510. The molecule has 0 atom stereocenters. The van der Waals surface area contributed by atoms with Crippen molar-refractivity contribution < 1.29 is 0 Å². The molecule has 0 aliphatic heterocycles. The first-order chi connectivity index (χ1) is 12.8. The molecule has 0 aliphatic carbocycles. The highest BCUT2D eigenvalue weighted by atomic mass is 35.5. The minimum Gasteiger partial charge on any atom is -0.287 e. The Balaban J connectivity index is 1.70. The van der Waals surface area contributed by atoms with E-state index in [1.165, 1.54) is 0 Å². The fourth-order valence-corrected chi connectivity index (χ4v) is 3.75. The van der Waals surface area contributed by atoms with Gasteiger partial charge in [0.2, 0.25) is 0 Å². The monoisotopic (exact) mass is 377 g/mol. The smallest absolute Gasteiger partial charge is 0.173 e. The number of aromatic nitrogens is 3. The van der Waals surface area contributed by atoms with Gasteiger partial charge in [-0.05, 0) is 23.8 Å². The molecular formula is C21H16ClN3S. The van der Waals surface area contributed by atoms with Gasteiger partial charge in [0.05, 0.1) is 11.9 Å². The molecule has 0 fully saturated rings. The third-order valence-corrected chi connectivity index (χ3v) is 5.22. The first-order valence-electron chi connectivity index (χ1n) is 8.23. The molecule has 4 rings (SSSR count). The normalized spacial score (nSPS) is 10.8. The third kappa shape index (κ3) is 3.66. The largest absolute Gasteiger partial charge is 0.287 e. The summed E-state index contributed by atoms with van der Waals surface area (Å²) in [5.41, 5.74) is 4.43. The molecule has 0 aliphatic rings. The van der Waals surface area contributed by atoms with Crippen molar-refractivity contribution in [3.05, 3.63) is 95.9 Å². The maximum absolute atomic E-state index is 5.87. The van der Waals surface area contributed by atoms with Crippen LogP contribution in [0.5, 0.6) is 0 Å². The van der Waals surface area contributed by atoms with E-state index in [0.717, 1.165) is 33.4 Å². The van der Waals surface area contributed by atoms with E-state index in [-0.39, 0.29) is 0 Å². The first-order valence-corrected chi connectivity index (χ1v) is 9.59. The number of nitrogens with zero attached hydrogens (tertiary/aromatic N) is 3. The molecule has 0 radical (unpaired) electrons. The molecule has 0 bridgehead atoms. The van der Waals surface area contributed by atoms with Crippen molar-refractivity contribution in [2.75, 3.05) is 0 Å². The van der Waals surface area contributed by atoms with Gasteiger partial charge in [-0.25, -0.2) is 9.97 Å². The summed E-state index contributed by atoms with van der Waals surface area (Å²) in [5, 5.41) is 1.46. The van der Waals surface area contributed by atoms with Crippen LogP contribution in [0.15, 0.2) is 90.3 Å². The average molecular weight is 378 g/mol. The van der Waals surface area contributed by atoms with Crippen molar-refractivity contribution in [1.82, 2.24) is 14.5 Å². The van der Waals surface area contributed by atoms with Crippen molar-refractivity contribution in [2.45, 2.75) is 10.9 Å². The molecule has 0 amide bonds. The van der Waals surface area contributed by atoms with Crippen LogP contribution < -0.4 is 0 Å². The zero-order valence-electron chi connectivity index (χ0n) is 13.9. The number of hydrogen-bond acceptors (Lipinski definition) is 3. The van der Waals surface area contributed by atoms with Crippen molar-refractivity contribution in [2.24, 2.45) is 0 Å². The van der Waals surface area contributed by atoms with Crippen molar-refractivity contribution >= 4 is 23.4 Å². The molecule has 2 aromatic heterocycles. The lowest BCUT2D eigenvalue weighted by Crippen LogP contribution is -1.99. The van der Waals surface area contributed by atoms with Crippen LogP contribution in [0.1, 0.15) is 5.56 Å². The highest BCUT2D eigenvalue weighted by Crippen LogP contribution is 2.31. The van der Waals surface area contributed by atoms with Crippen molar-refractivity contribution in [3.8, 4) is 16.9 Å². The number of thioether (sulfide) groups is 1. The van der Waals surface area contributed by atoms with Crippen molar-refractivity contribution in [1.29, 1.82) is 0 Å². The van der Waals surface area contributed by atoms with Crippen LogP contribution in [0.4, 0.5) is 0 Å². The Hall–Kier alpha value is -2.56. The molecular weight excluding hydrogens is 362 g/mol. The summed E-state index contributed by atoms with van der Waals surface area (Å²) in [6.45, 7) is 0. The molecule has 26 heavy (non-hydrogen) atoms. The van der Waals surface area contributed by atoms with E-state index in [1.807, 2.05) is 60.9 Å². The van der Waals surface area contributed by atoms with Crippen LogP contribution in [0.2, 0.25) is 5.15 Å². The molecule has 0 unspecified atom stereocenters. The second-order valence-corrected chi connectivity index (χ2v) is 7.07. The summed E-state index contributed by atoms with van der Waals surface area (Å²) < 4.78 is 2.20. The Morgan fingerprint density at radius 1 is 0.808 bits per heavy atom. The van der Waals surface area contributed by atoms with Gasteiger partial charge in [0.1, 0.15) is 5.15 Å². The number of hydrogen-bond donors (Lipinski definition) is 0. The fraction of sp³-hybridized carbons (Fsp3) is 0.0476. The van der Waals surface area contributed by atoms with Crippen LogP contribution in [-0.2, 0) is 5.75 Å². The maximum atomic E-state index is 5.87. The topological polar surface area (TPSA) is 30.7 Å². The Kier molecular flexibility index (Phi) is 5.04. The van der Waals surface area contributed by atoms with E-state index in [4.69, 9.17) is 11.6 Å². The molecule has 128 valence electrons. The second-order valence-electron chi connectivity index (χ2n) is 5.74. The lowest BCUT2D eigenvalue weighted by Gasteiger charge is -2.12. The van der Waals surface area contributed by atoms with E-state index < -0.39 is 0 Å². The van der Waals surface area contributed by atoms with E-state index in [1.54, 1.807) is 11.8 Å².